The second-order valence-electron chi connectivity index (χ2n) is 4.18. The second kappa shape index (κ2) is 7.18. The molecule has 2 aromatic rings. The third-order valence-corrected chi connectivity index (χ3v) is 5.05. The first-order valence-corrected chi connectivity index (χ1v) is 8.66. The van der Waals surface area contributed by atoms with Gasteiger partial charge in [0.25, 0.3) is 0 Å². The van der Waals surface area contributed by atoms with Gasteiger partial charge >= 0.3 is 7.60 Å². The standard InChI is InChI=1S/C14H15BrNO4P/c1-18-21(17,19-2)10-11-5-3-6-12(9-11)20-14-8-4-7-13(15)16-14/h3-9H,10H2,1-2H3. The fourth-order valence-corrected chi connectivity index (χ4v) is 3.08. The molecule has 112 valence electrons. The zero-order valence-corrected chi connectivity index (χ0v) is 14.1. The van der Waals surface area contributed by atoms with Crippen LogP contribution < -0.4 is 4.74 Å². The van der Waals surface area contributed by atoms with Crippen molar-refractivity contribution in [3.63, 3.8) is 0 Å². The Hall–Kier alpha value is -1.20. The Morgan fingerprint density at radius 3 is 2.52 bits per heavy atom. The number of rotatable bonds is 6. The Balaban J connectivity index is 2.16. The van der Waals surface area contributed by atoms with Crippen LogP contribution in [-0.2, 0) is 19.8 Å². The summed E-state index contributed by atoms with van der Waals surface area (Å²) in [7, 11) is -0.350. The minimum Gasteiger partial charge on any atom is -0.439 e. The summed E-state index contributed by atoms with van der Waals surface area (Å²) in [6.45, 7) is 0. The predicted molar refractivity (Wildman–Crippen MR) is 83.8 cm³/mol. The van der Waals surface area contributed by atoms with E-state index in [-0.39, 0.29) is 6.16 Å². The van der Waals surface area contributed by atoms with Gasteiger partial charge < -0.3 is 13.8 Å². The summed E-state index contributed by atoms with van der Waals surface area (Å²) < 4.78 is 28.4. The fourth-order valence-electron chi connectivity index (χ4n) is 1.70. The van der Waals surface area contributed by atoms with Gasteiger partial charge in [0.05, 0.1) is 6.16 Å². The number of aromatic nitrogens is 1. The van der Waals surface area contributed by atoms with E-state index >= 15 is 0 Å². The van der Waals surface area contributed by atoms with Crippen molar-refractivity contribution in [3.8, 4) is 11.6 Å². The molecular formula is C14H15BrNO4P. The van der Waals surface area contributed by atoms with Gasteiger partial charge in [-0.05, 0) is 39.7 Å². The summed E-state index contributed by atoms with van der Waals surface area (Å²) in [5.41, 5.74) is 0.800. The molecule has 1 heterocycles. The molecule has 7 heteroatoms. The molecule has 0 spiro atoms. The maximum Gasteiger partial charge on any atom is 0.334 e. The maximum absolute atomic E-state index is 12.1. The fraction of sp³-hybridized carbons (Fsp3) is 0.214. The number of ether oxygens (including phenoxy) is 1. The molecule has 0 aliphatic heterocycles. The number of pyridine rings is 1. The molecule has 0 saturated carbocycles. The van der Waals surface area contributed by atoms with Gasteiger partial charge in [-0.15, -0.1) is 0 Å². The minimum atomic E-state index is -3.09. The van der Waals surface area contributed by atoms with Crippen LogP contribution in [0.3, 0.4) is 0 Å². The van der Waals surface area contributed by atoms with Crippen LogP contribution in [0.25, 0.3) is 0 Å². The van der Waals surface area contributed by atoms with E-state index in [1.807, 2.05) is 24.3 Å². The number of hydrogen-bond acceptors (Lipinski definition) is 5. The lowest BCUT2D eigenvalue weighted by Gasteiger charge is -2.14. The Bertz CT molecular complexity index is 657. The lowest BCUT2D eigenvalue weighted by atomic mass is 10.2. The largest absolute Gasteiger partial charge is 0.439 e. The van der Waals surface area contributed by atoms with Crippen LogP contribution in [0.2, 0.25) is 0 Å². The molecule has 1 aromatic carbocycles. The van der Waals surface area contributed by atoms with Crippen molar-refractivity contribution in [1.29, 1.82) is 0 Å². The highest BCUT2D eigenvalue weighted by molar-refractivity contribution is 9.10. The first-order valence-electron chi connectivity index (χ1n) is 6.14. The van der Waals surface area contributed by atoms with Gasteiger partial charge in [-0.3, -0.25) is 4.57 Å². The van der Waals surface area contributed by atoms with Crippen LogP contribution in [0, 0.1) is 0 Å². The third kappa shape index (κ3) is 4.64. The van der Waals surface area contributed by atoms with Crippen molar-refractivity contribution in [2.24, 2.45) is 0 Å². The molecule has 0 amide bonds. The van der Waals surface area contributed by atoms with Crippen LogP contribution in [0.5, 0.6) is 11.6 Å². The Morgan fingerprint density at radius 1 is 1.14 bits per heavy atom. The SMILES string of the molecule is COP(=O)(Cc1cccc(Oc2cccc(Br)n2)c1)OC. The minimum absolute atomic E-state index is 0.184. The smallest absolute Gasteiger partial charge is 0.334 e. The molecule has 21 heavy (non-hydrogen) atoms. The van der Waals surface area contributed by atoms with E-state index in [1.165, 1.54) is 14.2 Å². The summed E-state index contributed by atoms with van der Waals surface area (Å²) in [6.07, 6.45) is 0.184. The predicted octanol–water partition coefficient (Wildman–Crippen LogP) is 4.62. The van der Waals surface area contributed by atoms with Gasteiger partial charge in [-0.25, -0.2) is 4.98 Å². The van der Waals surface area contributed by atoms with Gasteiger partial charge in [0.2, 0.25) is 5.88 Å². The average molecular weight is 372 g/mol. The van der Waals surface area contributed by atoms with Gasteiger partial charge in [0, 0.05) is 20.3 Å². The second-order valence-corrected chi connectivity index (χ2v) is 7.26. The first kappa shape index (κ1) is 16.2. The molecule has 1 aromatic heterocycles. The molecule has 0 radical (unpaired) electrons. The molecule has 2 rings (SSSR count). The van der Waals surface area contributed by atoms with Crippen LogP contribution in [0.15, 0.2) is 47.1 Å². The van der Waals surface area contributed by atoms with E-state index in [2.05, 4.69) is 20.9 Å². The zero-order chi connectivity index (χ0) is 15.3. The van der Waals surface area contributed by atoms with Crippen molar-refractivity contribution in [2.75, 3.05) is 14.2 Å². The molecule has 0 N–H and O–H groups in total. The van der Waals surface area contributed by atoms with E-state index in [1.54, 1.807) is 18.2 Å². The van der Waals surface area contributed by atoms with E-state index in [4.69, 9.17) is 13.8 Å². The average Bonchev–Trinajstić information content (AvgIpc) is 2.47. The van der Waals surface area contributed by atoms with Gasteiger partial charge in [-0.1, -0.05) is 18.2 Å². The number of hydrogen-bond donors (Lipinski definition) is 0. The van der Waals surface area contributed by atoms with Crippen molar-refractivity contribution >= 4 is 23.5 Å². The highest BCUT2D eigenvalue weighted by atomic mass is 79.9. The van der Waals surface area contributed by atoms with Gasteiger partial charge in [0.15, 0.2) is 0 Å². The Labute approximate surface area is 131 Å². The summed E-state index contributed by atoms with van der Waals surface area (Å²) in [5, 5.41) is 0. The maximum atomic E-state index is 12.1. The quantitative estimate of drug-likeness (QED) is 0.547. The molecule has 0 atom stereocenters. The molecule has 0 aliphatic carbocycles. The van der Waals surface area contributed by atoms with Gasteiger partial charge in [0.1, 0.15) is 10.4 Å². The summed E-state index contributed by atoms with van der Waals surface area (Å²) in [4.78, 5) is 4.20. The van der Waals surface area contributed by atoms with Crippen molar-refractivity contribution in [2.45, 2.75) is 6.16 Å². The van der Waals surface area contributed by atoms with Crippen LogP contribution in [-0.4, -0.2) is 19.2 Å². The highest BCUT2D eigenvalue weighted by Crippen LogP contribution is 2.49. The lowest BCUT2D eigenvalue weighted by molar-refractivity contribution is 0.275. The van der Waals surface area contributed by atoms with E-state index in [0.717, 1.165) is 5.56 Å². The number of benzene rings is 1. The molecule has 0 fully saturated rings. The van der Waals surface area contributed by atoms with Crippen LogP contribution >= 0.6 is 23.5 Å². The molecule has 5 nitrogen and oxygen atoms in total. The first-order chi connectivity index (χ1) is 10.0. The monoisotopic (exact) mass is 371 g/mol. The molecule has 0 unspecified atom stereocenters. The van der Waals surface area contributed by atoms with Crippen LogP contribution in [0.4, 0.5) is 0 Å². The van der Waals surface area contributed by atoms with E-state index < -0.39 is 7.60 Å². The van der Waals surface area contributed by atoms with Crippen molar-refractivity contribution < 1.29 is 18.3 Å². The van der Waals surface area contributed by atoms with E-state index in [9.17, 15) is 4.57 Å². The zero-order valence-electron chi connectivity index (χ0n) is 11.7. The molecule has 0 bridgehead atoms. The molecule has 0 saturated heterocycles. The molecular weight excluding hydrogens is 357 g/mol. The normalized spacial score (nSPS) is 11.4. The number of nitrogens with zero attached hydrogens (tertiary/aromatic N) is 1. The Kier molecular flexibility index (Phi) is 5.53. The summed E-state index contributed by atoms with van der Waals surface area (Å²) >= 11 is 3.29. The number of halogens is 1. The summed E-state index contributed by atoms with van der Waals surface area (Å²) in [5.74, 6) is 1.08. The topological polar surface area (TPSA) is 57.7 Å². The lowest BCUT2D eigenvalue weighted by Crippen LogP contribution is -1.94. The van der Waals surface area contributed by atoms with Crippen LogP contribution in [0.1, 0.15) is 5.56 Å². The third-order valence-electron chi connectivity index (χ3n) is 2.74. The molecule has 0 aliphatic rings. The van der Waals surface area contributed by atoms with E-state index in [0.29, 0.717) is 16.2 Å². The highest BCUT2D eigenvalue weighted by Gasteiger charge is 2.21. The summed E-state index contributed by atoms with van der Waals surface area (Å²) in [6, 6.07) is 12.7. The van der Waals surface area contributed by atoms with Gasteiger partial charge in [-0.2, -0.15) is 0 Å². The van der Waals surface area contributed by atoms with Crippen molar-refractivity contribution in [3.05, 3.63) is 52.6 Å². The van der Waals surface area contributed by atoms with Crippen molar-refractivity contribution in [1.82, 2.24) is 4.98 Å². The Morgan fingerprint density at radius 2 is 1.86 bits per heavy atom.